The summed E-state index contributed by atoms with van der Waals surface area (Å²) in [5, 5.41) is 0. The van der Waals surface area contributed by atoms with Crippen LogP contribution in [0.25, 0.3) is 0 Å². The maximum Gasteiger partial charge on any atom is 0.398 e. The third kappa shape index (κ3) is 3.92. The zero-order valence-corrected chi connectivity index (χ0v) is 12.5. The topological polar surface area (TPSA) is 29.3 Å². The molecular formula is C17H24NO2+. The number of nitrogens with zero attached hydrogens (tertiary/aromatic N) is 1. The summed E-state index contributed by atoms with van der Waals surface area (Å²) in [6.07, 6.45) is 3.92. The molecule has 0 saturated carbocycles. The van der Waals surface area contributed by atoms with Gasteiger partial charge >= 0.3 is 5.97 Å². The summed E-state index contributed by atoms with van der Waals surface area (Å²) >= 11 is 0. The minimum Gasteiger partial charge on any atom is -0.455 e. The van der Waals surface area contributed by atoms with E-state index in [0.717, 1.165) is 44.5 Å². The minimum absolute atomic E-state index is 0.00416. The highest BCUT2D eigenvalue weighted by Gasteiger charge is 2.28. The largest absolute Gasteiger partial charge is 0.455 e. The Labute approximate surface area is 121 Å². The van der Waals surface area contributed by atoms with Crippen LogP contribution in [0, 0.1) is 0 Å². The molecule has 3 heteroatoms. The van der Waals surface area contributed by atoms with Gasteiger partial charge in [0.15, 0.2) is 6.54 Å². The molecule has 0 aromatic heterocycles. The number of ether oxygens (including phenoxy) is 1. The fourth-order valence-corrected chi connectivity index (χ4v) is 2.43. The molecule has 1 unspecified atom stereocenters. The second-order valence-electron chi connectivity index (χ2n) is 5.44. The van der Waals surface area contributed by atoms with Gasteiger partial charge in [-0.25, -0.2) is 9.37 Å². The Morgan fingerprint density at radius 3 is 2.75 bits per heavy atom. The van der Waals surface area contributed by atoms with E-state index in [1.54, 1.807) is 0 Å². The molecule has 1 heterocycles. The summed E-state index contributed by atoms with van der Waals surface area (Å²) in [5.74, 6) is -0.130. The first-order valence-corrected chi connectivity index (χ1v) is 7.56. The molecule has 1 aliphatic heterocycles. The van der Waals surface area contributed by atoms with Crippen molar-refractivity contribution in [2.45, 2.75) is 52.2 Å². The lowest BCUT2D eigenvalue weighted by Gasteiger charge is -2.16. The van der Waals surface area contributed by atoms with Crippen LogP contribution in [0.2, 0.25) is 0 Å². The van der Waals surface area contributed by atoms with Crippen molar-refractivity contribution in [2.24, 2.45) is 0 Å². The lowest BCUT2D eigenvalue weighted by atomic mass is 10.1. The number of benzene rings is 1. The second-order valence-corrected chi connectivity index (χ2v) is 5.44. The molecule has 0 bridgehead atoms. The van der Waals surface area contributed by atoms with Gasteiger partial charge in [-0.1, -0.05) is 37.3 Å². The van der Waals surface area contributed by atoms with Crippen molar-refractivity contribution >= 4 is 11.7 Å². The normalized spacial score (nSPS) is 16.9. The highest BCUT2D eigenvalue weighted by molar-refractivity contribution is 6.34. The predicted octanol–water partition coefficient (Wildman–Crippen LogP) is 3.17. The Morgan fingerprint density at radius 1 is 1.30 bits per heavy atom. The van der Waals surface area contributed by atoms with Gasteiger partial charge in [0.1, 0.15) is 6.54 Å². The molecule has 0 radical (unpaired) electrons. The van der Waals surface area contributed by atoms with Crippen LogP contribution in [0.3, 0.4) is 0 Å². The van der Waals surface area contributed by atoms with Crippen LogP contribution >= 0.6 is 0 Å². The van der Waals surface area contributed by atoms with Crippen molar-refractivity contribution in [3.63, 3.8) is 0 Å². The Bertz CT molecular complexity index is 479. The van der Waals surface area contributed by atoms with Gasteiger partial charge in [0.25, 0.3) is 5.71 Å². The quantitative estimate of drug-likeness (QED) is 0.609. The molecule has 20 heavy (non-hydrogen) atoms. The number of hydrogen-bond acceptors (Lipinski definition) is 2. The highest BCUT2D eigenvalue weighted by Crippen LogP contribution is 2.12. The van der Waals surface area contributed by atoms with Crippen molar-refractivity contribution in [3.8, 4) is 0 Å². The first-order chi connectivity index (χ1) is 9.70. The summed E-state index contributed by atoms with van der Waals surface area (Å²) < 4.78 is 7.67. The summed E-state index contributed by atoms with van der Waals surface area (Å²) in [7, 11) is 0. The third-order valence-corrected chi connectivity index (χ3v) is 3.81. The predicted molar refractivity (Wildman–Crippen MR) is 80.0 cm³/mol. The van der Waals surface area contributed by atoms with E-state index in [2.05, 4.69) is 16.7 Å². The Morgan fingerprint density at radius 2 is 2.05 bits per heavy atom. The lowest BCUT2D eigenvalue weighted by molar-refractivity contribution is -0.548. The van der Waals surface area contributed by atoms with E-state index in [1.165, 1.54) is 5.56 Å². The number of carbonyl (C=O) groups excluding carboxylic acids is 1. The van der Waals surface area contributed by atoms with Crippen LogP contribution < -0.4 is 0 Å². The lowest BCUT2D eigenvalue weighted by Crippen LogP contribution is -2.34. The van der Waals surface area contributed by atoms with E-state index in [0.29, 0.717) is 0 Å². The number of hydrogen-bond donors (Lipinski definition) is 0. The third-order valence-electron chi connectivity index (χ3n) is 3.81. The van der Waals surface area contributed by atoms with E-state index in [9.17, 15) is 4.79 Å². The Balaban J connectivity index is 2.14. The maximum atomic E-state index is 12.3. The van der Waals surface area contributed by atoms with Gasteiger partial charge in [0.05, 0.1) is 6.10 Å². The molecule has 1 aliphatic rings. The average Bonchev–Trinajstić information content (AvgIpc) is 2.48. The molecule has 0 spiro atoms. The monoisotopic (exact) mass is 274 g/mol. The number of rotatable bonds is 5. The first kappa shape index (κ1) is 14.8. The molecule has 2 rings (SSSR count). The zero-order chi connectivity index (χ0) is 14.4. The van der Waals surface area contributed by atoms with Crippen LogP contribution in [-0.4, -0.2) is 28.9 Å². The van der Waals surface area contributed by atoms with Gasteiger partial charge in [0, 0.05) is 18.4 Å². The molecule has 0 amide bonds. The first-order valence-electron chi connectivity index (χ1n) is 7.56. The van der Waals surface area contributed by atoms with Crippen LogP contribution in [0.15, 0.2) is 30.3 Å². The zero-order valence-electron chi connectivity index (χ0n) is 12.5. The van der Waals surface area contributed by atoms with Gasteiger partial charge in [0.2, 0.25) is 0 Å². The Hall–Kier alpha value is -1.64. The van der Waals surface area contributed by atoms with Crippen LogP contribution in [-0.2, 0) is 16.1 Å². The standard InChI is InChI=1S/C17H24NO2/c1-3-14(2)20-17(19)16-11-7-8-12-18(16)13-15-9-5-4-6-10-15/h4-6,9-10,14H,3,7-8,11-13H2,1-2H3/q+1. The molecule has 1 atom stereocenters. The highest BCUT2D eigenvalue weighted by atomic mass is 16.5. The smallest absolute Gasteiger partial charge is 0.398 e. The average molecular weight is 274 g/mol. The van der Waals surface area contributed by atoms with Crippen molar-refractivity contribution < 1.29 is 14.1 Å². The van der Waals surface area contributed by atoms with Crippen molar-refractivity contribution in [1.29, 1.82) is 0 Å². The molecule has 1 aromatic carbocycles. The summed E-state index contributed by atoms with van der Waals surface area (Å²) in [6, 6.07) is 10.3. The van der Waals surface area contributed by atoms with Crippen molar-refractivity contribution in [3.05, 3.63) is 35.9 Å². The summed E-state index contributed by atoms with van der Waals surface area (Å²) in [4.78, 5) is 12.3. The van der Waals surface area contributed by atoms with E-state index in [4.69, 9.17) is 4.74 Å². The van der Waals surface area contributed by atoms with Crippen molar-refractivity contribution in [1.82, 2.24) is 0 Å². The van der Waals surface area contributed by atoms with Gasteiger partial charge in [-0.3, -0.25) is 0 Å². The molecule has 0 aliphatic carbocycles. The van der Waals surface area contributed by atoms with Crippen LogP contribution in [0.1, 0.15) is 45.1 Å². The van der Waals surface area contributed by atoms with E-state index < -0.39 is 0 Å². The molecule has 0 fully saturated rings. The van der Waals surface area contributed by atoms with E-state index in [-0.39, 0.29) is 12.1 Å². The fourth-order valence-electron chi connectivity index (χ4n) is 2.43. The van der Waals surface area contributed by atoms with E-state index >= 15 is 0 Å². The van der Waals surface area contributed by atoms with Crippen molar-refractivity contribution in [2.75, 3.05) is 6.54 Å². The minimum atomic E-state index is -0.130. The van der Waals surface area contributed by atoms with Gasteiger partial charge in [-0.15, -0.1) is 0 Å². The summed E-state index contributed by atoms with van der Waals surface area (Å²) in [6.45, 7) is 5.72. The van der Waals surface area contributed by atoms with Crippen LogP contribution in [0.5, 0.6) is 0 Å². The van der Waals surface area contributed by atoms with Gasteiger partial charge < -0.3 is 4.74 Å². The molecule has 3 nitrogen and oxygen atoms in total. The molecular weight excluding hydrogens is 250 g/mol. The molecule has 0 saturated heterocycles. The number of esters is 1. The fraction of sp³-hybridized carbons (Fsp3) is 0.529. The second kappa shape index (κ2) is 7.22. The maximum absolute atomic E-state index is 12.3. The molecule has 108 valence electrons. The Kier molecular flexibility index (Phi) is 5.33. The number of carbonyl (C=O) groups is 1. The molecule has 0 N–H and O–H groups in total. The molecule has 1 aromatic rings. The van der Waals surface area contributed by atoms with E-state index in [1.807, 2.05) is 32.0 Å². The van der Waals surface area contributed by atoms with Gasteiger partial charge in [-0.05, 0) is 19.8 Å². The van der Waals surface area contributed by atoms with Gasteiger partial charge in [-0.2, -0.15) is 0 Å². The summed E-state index contributed by atoms with van der Waals surface area (Å²) in [5.41, 5.74) is 2.09. The SMILES string of the molecule is CCC(C)OC(=O)C1=[N+](Cc2ccccc2)CCCC1. The van der Waals surface area contributed by atoms with Crippen LogP contribution in [0.4, 0.5) is 0 Å².